The van der Waals surface area contributed by atoms with E-state index in [-0.39, 0.29) is 30.6 Å². The van der Waals surface area contributed by atoms with Crippen LogP contribution in [0.3, 0.4) is 0 Å². The summed E-state index contributed by atoms with van der Waals surface area (Å²) in [4.78, 5) is 20.6. The first-order chi connectivity index (χ1) is 6.45. The van der Waals surface area contributed by atoms with Gasteiger partial charge in [-0.05, 0) is 12.2 Å². The number of rotatable bonds is 7. The van der Waals surface area contributed by atoms with E-state index in [0.717, 1.165) is 0 Å². The van der Waals surface area contributed by atoms with Gasteiger partial charge in [0.05, 0.1) is 0 Å². The number of hydrogen-bond donors (Lipinski definition) is 4. The number of carboxylic acids is 2. The summed E-state index contributed by atoms with van der Waals surface area (Å²) in [5.41, 5.74) is 10.5. The lowest BCUT2D eigenvalue weighted by Crippen LogP contribution is -2.33. The van der Waals surface area contributed by atoms with Crippen LogP contribution in [-0.4, -0.2) is 45.7 Å². The van der Waals surface area contributed by atoms with Crippen molar-refractivity contribution >= 4 is 48.5 Å². The zero-order valence-electron chi connectivity index (χ0n) is 8.37. The molecule has 2 atom stereocenters. The third kappa shape index (κ3) is 10.3. The number of thioether (sulfide) groups is 1. The molecule has 9 heteroatoms. The molecule has 0 aliphatic heterocycles. The smallest absolute Gasteiger partial charge is 0.321 e. The highest BCUT2D eigenvalue weighted by atomic mass is 35.5. The van der Waals surface area contributed by atoms with Gasteiger partial charge in [0.25, 0.3) is 0 Å². The summed E-state index contributed by atoms with van der Waals surface area (Å²) < 4.78 is 0. The standard InChI is InChI=1S/C7H14N2O4S.2ClH/c8-4(6(10)11)1-2-14-3-5(9)7(12)13;;/h4-5H,1-3,8-9H2,(H,10,11)(H,12,13);2*1H/t4-,5-;;/m0../s1. The molecule has 98 valence electrons. The summed E-state index contributed by atoms with van der Waals surface area (Å²) in [5.74, 6) is -1.34. The summed E-state index contributed by atoms with van der Waals surface area (Å²) in [6.45, 7) is 0. The van der Waals surface area contributed by atoms with Gasteiger partial charge in [-0.15, -0.1) is 24.8 Å². The van der Waals surface area contributed by atoms with E-state index in [4.69, 9.17) is 21.7 Å². The first-order valence-electron chi connectivity index (χ1n) is 3.99. The Bertz CT molecular complexity index is 199. The van der Waals surface area contributed by atoms with Gasteiger partial charge in [-0.1, -0.05) is 0 Å². The molecule has 16 heavy (non-hydrogen) atoms. The van der Waals surface area contributed by atoms with Crippen molar-refractivity contribution in [3.05, 3.63) is 0 Å². The average molecular weight is 295 g/mol. The van der Waals surface area contributed by atoms with E-state index >= 15 is 0 Å². The second kappa shape index (κ2) is 11.3. The van der Waals surface area contributed by atoms with Crippen LogP contribution in [0.4, 0.5) is 0 Å². The van der Waals surface area contributed by atoms with Crippen LogP contribution < -0.4 is 11.5 Å². The van der Waals surface area contributed by atoms with Crippen LogP contribution in [0.25, 0.3) is 0 Å². The lowest BCUT2D eigenvalue weighted by molar-refractivity contribution is -0.139. The third-order valence-corrected chi connectivity index (χ3v) is 2.62. The predicted molar refractivity (Wildman–Crippen MR) is 67.7 cm³/mol. The van der Waals surface area contributed by atoms with Gasteiger partial charge in [0.2, 0.25) is 0 Å². The summed E-state index contributed by atoms with van der Waals surface area (Å²) in [5, 5.41) is 16.8. The second-order valence-corrected chi connectivity index (χ2v) is 3.90. The summed E-state index contributed by atoms with van der Waals surface area (Å²) in [7, 11) is 0. The van der Waals surface area contributed by atoms with Crippen LogP contribution in [-0.2, 0) is 9.59 Å². The van der Waals surface area contributed by atoms with E-state index in [2.05, 4.69) is 0 Å². The van der Waals surface area contributed by atoms with Crippen LogP contribution in [0.5, 0.6) is 0 Å². The molecule has 0 saturated heterocycles. The molecule has 0 heterocycles. The maximum atomic E-state index is 10.3. The van der Waals surface area contributed by atoms with Crippen molar-refractivity contribution in [3.63, 3.8) is 0 Å². The van der Waals surface area contributed by atoms with Crippen LogP contribution in [0.2, 0.25) is 0 Å². The summed E-state index contributed by atoms with van der Waals surface area (Å²) >= 11 is 1.29. The summed E-state index contributed by atoms with van der Waals surface area (Å²) in [6, 6.07) is -1.79. The van der Waals surface area contributed by atoms with Gasteiger partial charge in [-0.25, -0.2) is 0 Å². The van der Waals surface area contributed by atoms with E-state index in [1.54, 1.807) is 0 Å². The lowest BCUT2D eigenvalue weighted by atomic mass is 10.2. The first-order valence-corrected chi connectivity index (χ1v) is 5.15. The van der Waals surface area contributed by atoms with Crippen molar-refractivity contribution < 1.29 is 19.8 Å². The number of carboxylic acid groups (broad SMARTS) is 2. The van der Waals surface area contributed by atoms with Gasteiger partial charge in [0.1, 0.15) is 12.1 Å². The molecule has 0 spiro atoms. The van der Waals surface area contributed by atoms with Crippen molar-refractivity contribution in [3.8, 4) is 0 Å². The van der Waals surface area contributed by atoms with Crippen LogP contribution in [0.1, 0.15) is 6.42 Å². The number of nitrogens with two attached hydrogens (primary N) is 2. The largest absolute Gasteiger partial charge is 0.480 e. The van der Waals surface area contributed by atoms with Crippen LogP contribution in [0.15, 0.2) is 0 Å². The topological polar surface area (TPSA) is 127 Å². The molecule has 6 nitrogen and oxygen atoms in total. The third-order valence-electron chi connectivity index (χ3n) is 1.50. The summed E-state index contributed by atoms with van der Waals surface area (Å²) in [6.07, 6.45) is 0.312. The Kier molecular flexibility index (Phi) is 14.9. The Morgan fingerprint density at radius 3 is 1.88 bits per heavy atom. The fraction of sp³-hybridized carbons (Fsp3) is 0.714. The molecule has 0 unspecified atom stereocenters. The Morgan fingerprint density at radius 2 is 1.50 bits per heavy atom. The van der Waals surface area contributed by atoms with E-state index in [0.29, 0.717) is 12.2 Å². The van der Waals surface area contributed by atoms with Gasteiger partial charge < -0.3 is 21.7 Å². The molecule has 6 N–H and O–H groups in total. The molecule has 0 rings (SSSR count). The van der Waals surface area contributed by atoms with E-state index < -0.39 is 24.0 Å². The molecule has 0 fully saturated rings. The Labute approximate surface area is 110 Å². The van der Waals surface area contributed by atoms with E-state index in [9.17, 15) is 9.59 Å². The van der Waals surface area contributed by atoms with Gasteiger partial charge in [0, 0.05) is 5.75 Å². The molecule has 0 radical (unpaired) electrons. The van der Waals surface area contributed by atoms with Crippen molar-refractivity contribution in [2.75, 3.05) is 11.5 Å². The minimum Gasteiger partial charge on any atom is -0.480 e. The number of aliphatic carboxylic acids is 2. The van der Waals surface area contributed by atoms with Crippen LogP contribution in [0, 0.1) is 0 Å². The van der Waals surface area contributed by atoms with Gasteiger partial charge >= 0.3 is 11.9 Å². The minimum atomic E-state index is -1.06. The van der Waals surface area contributed by atoms with Gasteiger partial charge in [-0.3, -0.25) is 9.59 Å². The molecule has 0 aromatic rings. The van der Waals surface area contributed by atoms with Gasteiger partial charge in [0.15, 0.2) is 0 Å². The zero-order valence-corrected chi connectivity index (χ0v) is 10.8. The Morgan fingerprint density at radius 1 is 1.06 bits per heavy atom. The number of hydrogen-bond acceptors (Lipinski definition) is 5. The van der Waals surface area contributed by atoms with Crippen molar-refractivity contribution in [1.29, 1.82) is 0 Å². The Hall–Kier alpha value is -0.210. The van der Waals surface area contributed by atoms with Crippen molar-refractivity contribution in [1.82, 2.24) is 0 Å². The highest BCUT2D eigenvalue weighted by Gasteiger charge is 2.13. The normalized spacial score (nSPS) is 12.9. The monoisotopic (exact) mass is 294 g/mol. The zero-order chi connectivity index (χ0) is 11.1. The maximum Gasteiger partial charge on any atom is 0.321 e. The lowest BCUT2D eigenvalue weighted by Gasteiger charge is -2.07. The number of carbonyl (C=O) groups is 2. The van der Waals surface area contributed by atoms with Crippen LogP contribution >= 0.6 is 36.6 Å². The highest BCUT2D eigenvalue weighted by Crippen LogP contribution is 2.05. The SMILES string of the molecule is Cl.Cl.N[C@@H](CCSC[C@H](N)C(=O)O)C(=O)O. The molecular weight excluding hydrogens is 279 g/mol. The maximum absolute atomic E-state index is 10.3. The van der Waals surface area contributed by atoms with Crippen molar-refractivity contribution in [2.24, 2.45) is 11.5 Å². The van der Waals surface area contributed by atoms with Crippen molar-refractivity contribution in [2.45, 2.75) is 18.5 Å². The first kappa shape index (κ1) is 21.1. The molecule has 0 aliphatic rings. The van der Waals surface area contributed by atoms with E-state index in [1.807, 2.05) is 0 Å². The minimum absolute atomic E-state index is 0. The highest BCUT2D eigenvalue weighted by molar-refractivity contribution is 7.99. The fourth-order valence-electron chi connectivity index (χ4n) is 0.615. The van der Waals surface area contributed by atoms with E-state index in [1.165, 1.54) is 11.8 Å². The molecule has 0 aliphatic carbocycles. The quantitative estimate of drug-likeness (QED) is 0.478. The molecule has 0 bridgehead atoms. The van der Waals surface area contributed by atoms with Gasteiger partial charge in [-0.2, -0.15) is 11.8 Å². The molecule has 0 aromatic carbocycles. The predicted octanol–water partition coefficient (Wildman–Crippen LogP) is -0.223. The Balaban J connectivity index is -0.000000845. The fourth-order valence-corrected chi connectivity index (χ4v) is 1.60. The molecule has 0 amide bonds. The molecular formula is C7H16Cl2N2O4S. The second-order valence-electron chi connectivity index (χ2n) is 2.75. The number of halogens is 2. The molecule has 0 saturated carbocycles. The average Bonchev–Trinajstić information content (AvgIpc) is 2.11. The molecule has 0 aromatic heterocycles.